The highest BCUT2D eigenvalue weighted by atomic mass is 16.5. The lowest BCUT2D eigenvalue weighted by atomic mass is 10.1. The Morgan fingerprint density at radius 2 is 1.48 bits per heavy atom. The summed E-state index contributed by atoms with van der Waals surface area (Å²) in [4.78, 5) is 12.0. The van der Waals surface area contributed by atoms with Crippen LogP contribution in [0.1, 0.15) is 76.7 Å². The molecule has 0 aliphatic rings. The van der Waals surface area contributed by atoms with Crippen molar-refractivity contribution in [3.05, 3.63) is 42.0 Å². The van der Waals surface area contributed by atoms with Crippen molar-refractivity contribution < 1.29 is 9.53 Å². The van der Waals surface area contributed by atoms with Crippen LogP contribution in [0.4, 0.5) is 0 Å². The molecule has 2 aromatic rings. The first-order chi connectivity index (χ1) is 13.1. The van der Waals surface area contributed by atoms with E-state index in [-0.39, 0.29) is 11.8 Å². The lowest BCUT2D eigenvalue weighted by molar-refractivity contribution is -0.134. The fourth-order valence-corrected chi connectivity index (χ4v) is 3.22. The van der Waals surface area contributed by atoms with Gasteiger partial charge in [0.05, 0.1) is 0 Å². The molecule has 146 valence electrons. The number of amidine groups is 1. The Morgan fingerprint density at radius 3 is 2.15 bits per heavy atom. The average molecular weight is 369 g/mol. The van der Waals surface area contributed by atoms with Crippen molar-refractivity contribution in [1.82, 2.24) is 0 Å². The fraction of sp³-hybridized carbons (Fsp3) is 0.478. The number of unbranched alkanes of at least 4 members (excludes halogenated alkanes) is 8. The number of hydrogen-bond acceptors (Lipinski definition) is 3. The Labute approximate surface area is 162 Å². The molecule has 0 aliphatic heterocycles. The smallest absolute Gasteiger partial charge is 0.311 e. The van der Waals surface area contributed by atoms with Gasteiger partial charge in [0.25, 0.3) is 0 Å². The molecule has 4 heteroatoms. The third kappa shape index (κ3) is 7.41. The summed E-state index contributed by atoms with van der Waals surface area (Å²) in [6.45, 7) is 2.24. The van der Waals surface area contributed by atoms with E-state index in [4.69, 9.17) is 15.9 Å². The molecule has 0 saturated heterocycles. The van der Waals surface area contributed by atoms with Crippen LogP contribution in [-0.2, 0) is 4.79 Å². The molecule has 0 heterocycles. The molecular weight excluding hydrogens is 336 g/mol. The maximum Gasteiger partial charge on any atom is 0.311 e. The predicted octanol–water partition coefficient (Wildman–Crippen LogP) is 5.95. The highest BCUT2D eigenvalue weighted by molar-refractivity contribution is 5.99. The van der Waals surface area contributed by atoms with Crippen LogP contribution in [-0.4, -0.2) is 11.8 Å². The molecule has 0 bridgehead atoms. The summed E-state index contributed by atoms with van der Waals surface area (Å²) in [5, 5.41) is 9.44. The number of rotatable bonds is 12. The summed E-state index contributed by atoms with van der Waals surface area (Å²) in [6.07, 6.45) is 11.6. The van der Waals surface area contributed by atoms with E-state index in [0.29, 0.717) is 17.7 Å². The van der Waals surface area contributed by atoms with E-state index in [1.54, 1.807) is 12.1 Å². The molecule has 0 atom stereocenters. The van der Waals surface area contributed by atoms with Gasteiger partial charge in [0.2, 0.25) is 0 Å². The van der Waals surface area contributed by atoms with Crippen LogP contribution in [0.15, 0.2) is 36.4 Å². The molecule has 0 aromatic heterocycles. The minimum atomic E-state index is -0.169. The second-order valence-electron chi connectivity index (χ2n) is 7.19. The van der Waals surface area contributed by atoms with E-state index < -0.39 is 0 Å². The van der Waals surface area contributed by atoms with E-state index in [1.807, 2.05) is 24.3 Å². The van der Waals surface area contributed by atoms with Gasteiger partial charge < -0.3 is 10.5 Å². The van der Waals surface area contributed by atoms with Crippen LogP contribution >= 0.6 is 0 Å². The van der Waals surface area contributed by atoms with Gasteiger partial charge in [-0.3, -0.25) is 10.2 Å². The van der Waals surface area contributed by atoms with Gasteiger partial charge in [0.15, 0.2) is 0 Å². The Bertz CT molecular complexity index is 755. The molecule has 0 amide bonds. The van der Waals surface area contributed by atoms with Crippen molar-refractivity contribution in [3.63, 3.8) is 0 Å². The summed E-state index contributed by atoms with van der Waals surface area (Å²) in [6, 6.07) is 11.1. The van der Waals surface area contributed by atoms with Gasteiger partial charge in [-0.15, -0.1) is 0 Å². The fourth-order valence-electron chi connectivity index (χ4n) is 3.22. The molecule has 0 saturated carbocycles. The third-order valence-corrected chi connectivity index (χ3v) is 4.84. The van der Waals surface area contributed by atoms with Gasteiger partial charge in [-0.1, -0.05) is 76.5 Å². The van der Waals surface area contributed by atoms with E-state index in [0.717, 1.165) is 23.6 Å². The van der Waals surface area contributed by atoms with Crippen LogP contribution in [0, 0.1) is 5.41 Å². The quantitative estimate of drug-likeness (QED) is 0.160. The zero-order valence-corrected chi connectivity index (χ0v) is 16.4. The monoisotopic (exact) mass is 368 g/mol. The minimum absolute atomic E-state index is 0.0494. The second kappa shape index (κ2) is 11.4. The first kappa shape index (κ1) is 20.9. The summed E-state index contributed by atoms with van der Waals surface area (Å²) in [5.74, 6) is 0.449. The third-order valence-electron chi connectivity index (χ3n) is 4.84. The van der Waals surface area contributed by atoms with E-state index in [2.05, 4.69) is 6.92 Å². The molecule has 0 fully saturated rings. The van der Waals surface area contributed by atoms with Crippen LogP contribution < -0.4 is 10.5 Å². The number of esters is 1. The van der Waals surface area contributed by atoms with Crippen LogP contribution in [0.25, 0.3) is 10.8 Å². The molecule has 2 aromatic carbocycles. The molecule has 0 unspecified atom stereocenters. The molecule has 4 nitrogen and oxygen atoms in total. The Morgan fingerprint density at radius 1 is 0.889 bits per heavy atom. The first-order valence-electron chi connectivity index (χ1n) is 10.2. The Kier molecular flexibility index (Phi) is 8.82. The van der Waals surface area contributed by atoms with Gasteiger partial charge in [0.1, 0.15) is 11.6 Å². The molecule has 0 radical (unpaired) electrons. The Hall–Kier alpha value is -2.36. The van der Waals surface area contributed by atoms with Gasteiger partial charge in [-0.25, -0.2) is 0 Å². The summed E-state index contributed by atoms with van der Waals surface area (Å²) < 4.78 is 5.47. The number of carbonyl (C=O) groups excluding carboxylic acids is 1. The lowest BCUT2D eigenvalue weighted by Crippen LogP contribution is -2.10. The van der Waals surface area contributed by atoms with Crippen molar-refractivity contribution in [2.45, 2.75) is 71.1 Å². The number of nitrogen functional groups attached to an aromatic ring is 1. The number of benzene rings is 2. The van der Waals surface area contributed by atoms with Crippen molar-refractivity contribution in [3.8, 4) is 5.75 Å². The maximum absolute atomic E-state index is 12.0. The number of fused-ring (bicyclic) bond motifs is 1. The van der Waals surface area contributed by atoms with E-state index in [1.165, 1.54) is 44.9 Å². The van der Waals surface area contributed by atoms with Crippen molar-refractivity contribution in [2.75, 3.05) is 0 Å². The lowest BCUT2D eigenvalue weighted by Gasteiger charge is -2.07. The summed E-state index contributed by atoms with van der Waals surface area (Å²) >= 11 is 0. The average Bonchev–Trinajstić information content (AvgIpc) is 2.66. The standard InChI is InChI=1S/C23H32N2O2/c1-2-3-4-5-6-7-8-9-10-11-22(26)27-21-15-14-18-16-20(23(24)25)13-12-19(18)17-21/h12-17H,2-11H2,1H3,(H3,24,25). The molecule has 2 rings (SSSR count). The highest BCUT2D eigenvalue weighted by Crippen LogP contribution is 2.22. The predicted molar refractivity (Wildman–Crippen MR) is 112 cm³/mol. The van der Waals surface area contributed by atoms with Gasteiger partial charge >= 0.3 is 5.97 Å². The number of nitrogens with one attached hydrogen (secondary N) is 1. The number of carbonyl (C=O) groups is 1. The first-order valence-corrected chi connectivity index (χ1v) is 10.2. The van der Waals surface area contributed by atoms with Crippen LogP contribution in [0.2, 0.25) is 0 Å². The molecule has 0 aliphatic carbocycles. The summed E-state index contributed by atoms with van der Waals surface area (Å²) in [5.41, 5.74) is 6.21. The topological polar surface area (TPSA) is 76.2 Å². The molecule has 0 spiro atoms. The van der Waals surface area contributed by atoms with Gasteiger partial charge in [0, 0.05) is 12.0 Å². The Balaban J connectivity index is 1.69. The molecule has 27 heavy (non-hydrogen) atoms. The second-order valence-corrected chi connectivity index (χ2v) is 7.19. The SMILES string of the molecule is CCCCCCCCCCCC(=O)Oc1ccc2cc(C(=N)N)ccc2c1. The maximum atomic E-state index is 12.0. The molecular formula is C23H32N2O2. The zero-order valence-electron chi connectivity index (χ0n) is 16.4. The van der Waals surface area contributed by atoms with Gasteiger partial charge in [-0.05, 0) is 35.4 Å². The zero-order chi connectivity index (χ0) is 19.5. The minimum Gasteiger partial charge on any atom is -0.427 e. The van der Waals surface area contributed by atoms with Crippen LogP contribution in [0.3, 0.4) is 0 Å². The van der Waals surface area contributed by atoms with E-state index in [9.17, 15) is 4.79 Å². The van der Waals surface area contributed by atoms with Crippen molar-refractivity contribution in [2.24, 2.45) is 5.73 Å². The largest absolute Gasteiger partial charge is 0.427 e. The van der Waals surface area contributed by atoms with E-state index >= 15 is 0 Å². The summed E-state index contributed by atoms with van der Waals surface area (Å²) in [7, 11) is 0. The molecule has 3 N–H and O–H groups in total. The van der Waals surface area contributed by atoms with Gasteiger partial charge in [-0.2, -0.15) is 0 Å². The number of ether oxygens (including phenoxy) is 1. The van der Waals surface area contributed by atoms with Crippen molar-refractivity contribution >= 4 is 22.6 Å². The number of hydrogen-bond donors (Lipinski definition) is 2. The highest BCUT2D eigenvalue weighted by Gasteiger charge is 2.06. The van der Waals surface area contributed by atoms with Crippen LogP contribution in [0.5, 0.6) is 5.75 Å². The van der Waals surface area contributed by atoms with Crippen molar-refractivity contribution in [1.29, 1.82) is 5.41 Å². The normalized spacial score (nSPS) is 10.9. The number of nitrogens with two attached hydrogens (primary N) is 1.